The molecular weight excluding hydrogens is 276 g/mol. The van der Waals surface area contributed by atoms with Gasteiger partial charge in [-0.25, -0.2) is 0 Å². The molecule has 4 nitrogen and oxygen atoms in total. The molecule has 1 aromatic carbocycles. The van der Waals surface area contributed by atoms with Crippen LogP contribution >= 0.6 is 0 Å². The van der Waals surface area contributed by atoms with E-state index in [9.17, 15) is 4.79 Å². The predicted molar refractivity (Wildman–Crippen MR) is 86.2 cm³/mol. The highest BCUT2D eigenvalue weighted by Crippen LogP contribution is 2.32. The molecular formula is C18H26N2O2. The van der Waals surface area contributed by atoms with Gasteiger partial charge in [0.1, 0.15) is 0 Å². The lowest BCUT2D eigenvalue weighted by Crippen LogP contribution is -2.49. The Hall–Kier alpha value is -1.39. The number of amides is 1. The lowest BCUT2D eigenvalue weighted by Gasteiger charge is -2.28. The van der Waals surface area contributed by atoms with Gasteiger partial charge in [0.25, 0.3) is 0 Å². The molecule has 1 unspecified atom stereocenters. The van der Waals surface area contributed by atoms with Crippen molar-refractivity contribution in [3.8, 4) is 0 Å². The standard InChI is InChI=1S/C18H26N2O2/c19-18(9-5-1-2-6-10-18)13-20-17(21)11-16-15-8-4-3-7-14(15)12-22-16/h3-4,7-8,16H,1-2,5-6,9-13,19H2,(H,20,21). The normalized spacial score (nSPS) is 23.6. The largest absolute Gasteiger partial charge is 0.368 e. The molecule has 1 aliphatic heterocycles. The minimum atomic E-state index is -0.222. The summed E-state index contributed by atoms with van der Waals surface area (Å²) in [6, 6.07) is 8.12. The molecule has 1 aromatic rings. The van der Waals surface area contributed by atoms with Gasteiger partial charge in [-0.1, -0.05) is 49.9 Å². The first-order valence-electron chi connectivity index (χ1n) is 8.41. The van der Waals surface area contributed by atoms with Crippen LogP contribution < -0.4 is 11.1 Å². The van der Waals surface area contributed by atoms with Crippen molar-refractivity contribution in [1.29, 1.82) is 0 Å². The van der Waals surface area contributed by atoms with Crippen LogP contribution in [0.25, 0.3) is 0 Å². The smallest absolute Gasteiger partial charge is 0.223 e. The third kappa shape index (κ3) is 3.68. The summed E-state index contributed by atoms with van der Waals surface area (Å²) in [5.41, 5.74) is 8.57. The van der Waals surface area contributed by atoms with Gasteiger partial charge in [-0.2, -0.15) is 0 Å². The van der Waals surface area contributed by atoms with Gasteiger partial charge in [-0.05, 0) is 24.0 Å². The van der Waals surface area contributed by atoms with Gasteiger partial charge in [0, 0.05) is 12.1 Å². The third-order valence-electron chi connectivity index (χ3n) is 4.95. The fourth-order valence-corrected chi connectivity index (χ4v) is 3.55. The summed E-state index contributed by atoms with van der Waals surface area (Å²) < 4.78 is 5.74. The lowest BCUT2D eigenvalue weighted by atomic mass is 9.91. The fraction of sp³-hybridized carbons (Fsp3) is 0.611. The summed E-state index contributed by atoms with van der Waals surface area (Å²) in [4.78, 5) is 12.2. The second-order valence-corrected chi connectivity index (χ2v) is 6.76. The summed E-state index contributed by atoms with van der Waals surface area (Å²) in [6.45, 7) is 1.19. The Balaban J connectivity index is 1.51. The average Bonchev–Trinajstić information content (AvgIpc) is 2.79. The van der Waals surface area contributed by atoms with Crippen LogP contribution in [-0.2, 0) is 16.1 Å². The zero-order valence-corrected chi connectivity index (χ0v) is 13.1. The van der Waals surface area contributed by atoms with Crippen LogP contribution in [0.3, 0.4) is 0 Å². The first-order valence-corrected chi connectivity index (χ1v) is 8.41. The lowest BCUT2D eigenvalue weighted by molar-refractivity contribution is -0.124. The highest BCUT2D eigenvalue weighted by Gasteiger charge is 2.28. The number of ether oxygens (including phenoxy) is 1. The van der Waals surface area contributed by atoms with Crippen LogP contribution in [0, 0.1) is 0 Å². The number of nitrogens with two attached hydrogens (primary N) is 1. The number of hydrogen-bond donors (Lipinski definition) is 2. The molecule has 1 fully saturated rings. The van der Waals surface area contributed by atoms with Crippen LogP contribution in [0.1, 0.15) is 62.2 Å². The maximum absolute atomic E-state index is 12.2. The SMILES string of the molecule is NC1(CNC(=O)CC2OCc3ccccc32)CCCCCC1. The third-order valence-corrected chi connectivity index (χ3v) is 4.95. The van der Waals surface area contributed by atoms with Crippen molar-refractivity contribution in [3.63, 3.8) is 0 Å². The molecule has 1 saturated carbocycles. The number of benzene rings is 1. The van der Waals surface area contributed by atoms with Gasteiger partial charge in [-0.3, -0.25) is 4.79 Å². The molecule has 0 aromatic heterocycles. The molecule has 0 bridgehead atoms. The Morgan fingerprint density at radius 1 is 1.23 bits per heavy atom. The quantitative estimate of drug-likeness (QED) is 0.841. The fourth-order valence-electron chi connectivity index (χ4n) is 3.55. The van der Waals surface area contributed by atoms with Gasteiger partial charge in [0.15, 0.2) is 0 Å². The molecule has 4 heteroatoms. The highest BCUT2D eigenvalue weighted by atomic mass is 16.5. The van der Waals surface area contributed by atoms with E-state index in [-0.39, 0.29) is 17.6 Å². The Bertz CT molecular complexity index is 522. The molecule has 1 aliphatic carbocycles. The van der Waals surface area contributed by atoms with E-state index in [0.717, 1.165) is 18.4 Å². The van der Waals surface area contributed by atoms with Crippen LogP contribution in [0.2, 0.25) is 0 Å². The number of fused-ring (bicyclic) bond motifs is 1. The van der Waals surface area contributed by atoms with Crippen LogP contribution in [-0.4, -0.2) is 18.0 Å². The minimum Gasteiger partial charge on any atom is -0.368 e. The molecule has 3 N–H and O–H groups in total. The van der Waals surface area contributed by atoms with Gasteiger partial charge in [0.2, 0.25) is 5.91 Å². The van der Waals surface area contributed by atoms with Crippen LogP contribution in [0.5, 0.6) is 0 Å². The van der Waals surface area contributed by atoms with E-state index < -0.39 is 0 Å². The molecule has 3 rings (SSSR count). The van der Waals surface area contributed by atoms with Gasteiger partial charge >= 0.3 is 0 Å². The van der Waals surface area contributed by atoms with E-state index in [1.54, 1.807) is 0 Å². The van der Waals surface area contributed by atoms with Crippen molar-refractivity contribution < 1.29 is 9.53 Å². The van der Waals surface area contributed by atoms with Crippen molar-refractivity contribution in [1.82, 2.24) is 5.32 Å². The van der Waals surface area contributed by atoms with Crippen molar-refractivity contribution in [2.24, 2.45) is 5.73 Å². The van der Waals surface area contributed by atoms with Gasteiger partial charge < -0.3 is 15.8 Å². The molecule has 1 heterocycles. The molecule has 22 heavy (non-hydrogen) atoms. The topological polar surface area (TPSA) is 64.3 Å². The van der Waals surface area contributed by atoms with Crippen molar-refractivity contribution in [2.45, 2.75) is 63.2 Å². The number of hydrogen-bond acceptors (Lipinski definition) is 3. The summed E-state index contributed by atoms with van der Waals surface area (Å²) >= 11 is 0. The summed E-state index contributed by atoms with van der Waals surface area (Å²) in [6.07, 6.45) is 7.16. The van der Waals surface area contributed by atoms with Gasteiger partial charge in [-0.15, -0.1) is 0 Å². The molecule has 0 spiro atoms. The van der Waals surface area contributed by atoms with E-state index in [1.807, 2.05) is 12.1 Å². The van der Waals surface area contributed by atoms with Gasteiger partial charge in [0.05, 0.1) is 19.1 Å². The minimum absolute atomic E-state index is 0.0378. The summed E-state index contributed by atoms with van der Waals surface area (Å²) in [5, 5.41) is 3.03. The average molecular weight is 302 g/mol. The number of rotatable bonds is 4. The highest BCUT2D eigenvalue weighted by molar-refractivity contribution is 5.77. The first-order chi connectivity index (χ1) is 10.7. The number of carbonyl (C=O) groups is 1. The van der Waals surface area contributed by atoms with E-state index in [0.29, 0.717) is 19.6 Å². The van der Waals surface area contributed by atoms with E-state index >= 15 is 0 Å². The Kier molecular flexibility index (Phi) is 4.79. The molecule has 2 aliphatic rings. The van der Waals surface area contributed by atoms with Crippen molar-refractivity contribution in [2.75, 3.05) is 6.54 Å². The Morgan fingerprint density at radius 2 is 1.95 bits per heavy atom. The molecule has 1 amide bonds. The summed E-state index contributed by atoms with van der Waals surface area (Å²) in [7, 11) is 0. The van der Waals surface area contributed by atoms with E-state index in [2.05, 4.69) is 17.4 Å². The van der Waals surface area contributed by atoms with Crippen LogP contribution in [0.4, 0.5) is 0 Å². The molecule has 1 atom stereocenters. The monoisotopic (exact) mass is 302 g/mol. The van der Waals surface area contributed by atoms with Crippen LogP contribution in [0.15, 0.2) is 24.3 Å². The Morgan fingerprint density at radius 3 is 2.73 bits per heavy atom. The first kappa shape index (κ1) is 15.5. The Labute approximate surface area is 132 Å². The maximum atomic E-state index is 12.2. The molecule has 0 radical (unpaired) electrons. The molecule has 120 valence electrons. The maximum Gasteiger partial charge on any atom is 0.223 e. The number of carbonyl (C=O) groups excluding carboxylic acids is 1. The second-order valence-electron chi connectivity index (χ2n) is 6.76. The zero-order valence-electron chi connectivity index (χ0n) is 13.1. The van der Waals surface area contributed by atoms with Crippen molar-refractivity contribution >= 4 is 5.91 Å². The zero-order chi connectivity index (χ0) is 15.4. The van der Waals surface area contributed by atoms with E-state index in [4.69, 9.17) is 10.5 Å². The second kappa shape index (κ2) is 6.80. The molecule has 0 saturated heterocycles. The summed E-state index contributed by atoms with van der Waals surface area (Å²) in [5.74, 6) is 0.0378. The van der Waals surface area contributed by atoms with Crippen molar-refractivity contribution in [3.05, 3.63) is 35.4 Å². The number of nitrogens with one attached hydrogen (secondary N) is 1. The van der Waals surface area contributed by atoms with E-state index in [1.165, 1.54) is 31.2 Å². The predicted octanol–water partition coefficient (Wildman–Crippen LogP) is 2.82.